The third-order valence-electron chi connectivity index (χ3n) is 5.11. The lowest BCUT2D eigenvalue weighted by Crippen LogP contribution is -2.16. The Labute approximate surface area is 163 Å². The first-order valence-corrected chi connectivity index (χ1v) is 9.64. The molecule has 1 amide bonds. The molecule has 5 nitrogen and oxygen atoms in total. The number of halogens is 1. The molecule has 6 heteroatoms. The van der Waals surface area contributed by atoms with Crippen molar-refractivity contribution in [3.05, 3.63) is 60.3 Å². The summed E-state index contributed by atoms with van der Waals surface area (Å²) < 4.78 is 19.2. The maximum absolute atomic E-state index is 13.2. The van der Waals surface area contributed by atoms with E-state index in [1.165, 1.54) is 50.3 Å². The van der Waals surface area contributed by atoms with Crippen molar-refractivity contribution in [1.82, 2.24) is 9.97 Å². The maximum Gasteiger partial charge on any atom is 0.274 e. The summed E-state index contributed by atoms with van der Waals surface area (Å²) in [5.41, 5.74) is 0.638. The van der Waals surface area contributed by atoms with Gasteiger partial charge in [0, 0.05) is 17.3 Å². The predicted molar refractivity (Wildman–Crippen MR) is 106 cm³/mol. The molecule has 3 aromatic rings. The van der Waals surface area contributed by atoms with Gasteiger partial charge in [-0.3, -0.25) is 4.79 Å². The first kappa shape index (κ1) is 18.3. The van der Waals surface area contributed by atoms with Gasteiger partial charge in [0.1, 0.15) is 5.69 Å². The lowest BCUT2D eigenvalue weighted by Gasteiger charge is -2.21. The Hall–Kier alpha value is -3.02. The number of hydrogen-bond acceptors (Lipinski definition) is 4. The molecule has 0 bridgehead atoms. The van der Waals surface area contributed by atoms with Gasteiger partial charge in [0.2, 0.25) is 11.8 Å². The summed E-state index contributed by atoms with van der Waals surface area (Å²) in [7, 11) is 0. The van der Waals surface area contributed by atoms with Crippen LogP contribution in [-0.4, -0.2) is 22.5 Å². The number of pyridine rings is 2. The molecule has 1 aliphatic carbocycles. The molecule has 28 heavy (non-hydrogen) atoms. The molecule has 1 saturated carbocycles. The molecule has 0 aliphatic heterocycles. The van der Waals surface area contributed by atoms with Crippen molar-refractivity contribution < 1.29 is 13.9 Å². The molecule has 2 aromatic heterocycles. The van der Waals surface area contributed by atoms with Crippen LogP contribution in [0.3, 0.4) is 0 Å². The molecule has 1 aromatic carbocycles. The second kappa shape index (κ2) is 8.33. The molecular weight excluding hydrogens is 357 g/mol. The SMILES string of the molecule is O=C(Nc1ccc2c(OCC3CCCCC3)nccc2c1)c1cccc(F)n1. The van der Waals surface area contributed by atoms with E-state index in [1.807, 2.05) is 18.2 Å². The molecule has 1 fully saturated rings. The van der Waals surface area contributed by atoms with Crippen LogP contribution in [0, 0.1) is 11.9 Å². The highest BCUT2D eigenvalue weighted by Crippen LogP contribution is 2.28. The van der Waals surface area contributed by atoms with Gasteiger partial charge in [-0.15, -0.1) is 0 Å². The van der Waals surface area contributed by atoms with E-state index in [-0.39, 0.29) is 5.69 Å². The van der Waals surface area contributed by atoms with E-state index in [4.69, 9.17) is 4.74 Å². The molecule has 4 rings (SSSR count). The number of ether oxygens (including phenoxy) is 1. The number of anilines is 1. The minimum absolute atomic E-state index is 0.0336. The van der Waals surface area contributed by atoms with Gasteiger partial charge in [0.05, 0.1) is 6.61 Å². The highest BCUT2D eigenvalue weighted by molar-refractivity contribution is 6.04. The van der Waals surface area contributed by atoms with Gasteiger partial charge in [-0.1, -0.05) is 25.3 Å². The zero-order valence-electron chi connectivity index (χ0n) is 15.5. The van der Waals surface area contributed by atoms with Gasteiger partial charge in [-0.25, -0.2) is 9.97 Å². The number of carbonyl (C=O) groups excluding carboxylic acids is 1. The second-order valence-corrected chi connectivity index (χ2v) is 7.17. The summed E-state index contributed by atoms with van der Waals surface area (Å²) in [6.45, 7) is 0.690. The van der Waals surface area contributed by atoms with E-state index in [1.54, 1.807) is 12.3 Å². The fourth-order valence-corrected chi connectivity index (χ4v) is 3.62. The van der Waals surface area contributed by atoms with Crippen LogP contribution in [0.1, 0.15) is 42.6 Å². The Bertz CT molecular complexity index is 986. The van der Waals surface area contributed by atoms with Gasteiger partial charge in [0.25, 0.3) is 5.91 Å². The van der Waals surface area contributed by atoms with Crippen molar-refractivity contribution >= 4 is 22.4 Å². The Morgan fingerprint density at radius 1 is 1.14 bits per heavy atom. The number of rotatable bonds is 5. The third-order valence-corrected chi connectivity index (χ3v) is 5.11. The van der Waals surface area contributed by atoms with Crippen LogP contribution in [0.4, 0.5) is 10.1 Å². The minimum Gasteiger partial charge on any atom is -0.477 e. The lowest BCUT2D eigenvalue weighted by molar-refractivity contribution is 0.102. The number of carbonyl (C=O) groups is 1. The summed E-state index contributed by atoms with van der Waals surface area (Å²) in [6, 6.07) is 11.5. The van der Waals surface area contributed by atoms with E-state index >= 15 is 0 Å². The lowest BCUT2D eigenvalue weighted by atomic mass is 9.90. The van der Waals surface area contributed by atoms with Gasteiger partial charge in [-0.2, -0.15) is 4.39 Å². The quantitative estimate of drug-likeness (QED) is 0.635. The van der Waals surface area contributed by atoms with E-state index in [9.17, 15) is 9.18 Å². The normalized spacial score (nSPS) is 14.8. The monoisotopic (exact) mass is 379 g/mol. The Morgan fingerprint density at radius 3 is 2.82 bits per heavy atom. The number of aromatic nitrogens is 2. The van der Waals surface area contributed by atoms with E-state index in [0.29, 0.717) is 24.1 Å². The first-order valence-electron chi connectivity index (χ1n) is 9.64. The zero-order valence-corrected chi connectivity index (χ0v) is 15.5. The summed E-state index contributed by atoms with van der Waals surface area (Å²) in [4.78, 5) is 20.3. The molecule has 0 unspecified atom stereocenters. The zero-order chi connectivity index (χ0) is 19.3. The average Bonchev–Trinajstić information content (AvgIpc) is 2.72. The van der Waals surface area contributed by atoms with E-state index in [2.05, 4.69) is 15.3 Å². The predicted octanol–water partition coefficient (Wildman–Crippen LogP) is 4.98. The van der Waals surface area contributed by atoms with Crippen LogP contribution >= 0.6 is 0 Å². The fraction of sp³-hybridized carbons (Fsp3) is 0.318. The van der Waals surface area contributed by atoms with Crippen molar-refractivity contribution in [3.8, 4) is 5.88 Å². The van der Waals surface area contributed by atoms with Gasteiger partial charge in [-0.05, 0) is 60.5 Å². The summed E-state index contributed by atoms with van der Waals surface area (Å²) in [6.07, 6.45) is 8.02. The Kier molecular flexibility index (Phi) is 5.46. The highest BCUT2D eigenvalue weighted by atomic mass is 19.1. The molecule has 0 radical (unpaired) electrons. The van der Waals surface area contributed by atoms with Crippen molar-refractivity contribution in [2.45, 2.75) is 32.1 Å². The number of nitrogens with one attached hydrogen (secondary N) is 1. The summed E-state index contributed by atoms with van der Waals surface area (Å²) >= 11 is 0. The molecule has 2 heterocycles. The molecule has 0 saturated heterocycles. The molecule has 0 atom stereocenters. The maximum atomic E-state index is 13.2. The largest absolute Gasteiger partial charge is 0.477 e. The summed E-state index contributed by atoms with van der Waals surface area (Å²) in [5, 5.41) is 4.57. The van der Waals surface area contributed by atoms with Crippen molar-refractivity contribution in [3.63, 3.8) is 0 Å². The number of fused-ring (bicyclic) bond motifs is 1. The molecule has 0 spiro atoms. The Balaban J connectivity index is 1.49. The van der Waals surface area contributed by atoms with Crippen molar-refractivity contribution in [2.75, 3.05) is 11.9 Å². The van der Waals surface area contributed by atoms with E-state index < -0.39 is 11.9 Å². The smallest absolute Gasteiger partial charge is 0.274 e. The van der Waals surface area contributed by atoms with Gasteiger partial charge in [0.15, 0.2) is 0 Å². The van der Waals surface area contributed by atoms with E-state index in [0.717, 1.165) is 10.8 Å². The number of hydrogen-bond donors (Lipinski definition) is 1. The van der Waals surface area contributed by atoms with Crippen LogP contribution in [0.5, 0.6) is 5.88 Å². The third kappa shape index (κ3) is 4.27. The topological polar surface area (TPSA) is 64.1 Å². The fourth-order valence-electron chi connectivity index (χ4n) is 3.62. The van der Waals surface area contributed by atoms with Crippen LogP contribution in [0.15, 0.2) is 48.7 Å². The number of nitrogens with zero attached hydrogens (tertiary/aromatic N) is 2. The minimum atomic E-state index is -0.683. The molecule has 1 N–H and O–H groups in total. The summed E-state index contributed by atoms with van der Waals surface area (Å²) in [5.74, 6) is 0.0783. The molecular formula is C22H22FN3O2. The standard InChI is InChI=1S/C22H22FN3O2/c23-20-8-4-7-19(26-20)21(27)25-17-9-10-18-16(13-17)11-12-24-22(18)28-14-15-5-2-1-3-6-15/h4,7-13,15H,1-3,5-6,14H2,(H,25,27). The average molecular weight is 379 g/mol. The second-order valence-electron chi connectivity index (χ2n) is 7.17. The van der Waals surface area contributed by atoms with Crippen molar-refractivity contribution in [1.29, 1.82) is 0 Å². The first-order chi connectivity index (χ1) is 13.7. The van der Waals surface area contributed by atoms with Crippen LogP contribution in [0.2, 0.25) is 0 Å². The van der Waals surface area contributed by atoms with Crippen LogP contribution in [0.25, 0.3) is 10.8 Å². The molecule has 1 aliphatic rings. The molecule has 144 valence electrons. The van der Waals surface area contributed by atoms with Crippen LogP contribution < -0.4 is 10.1 Å². The van der Waals surface area contributed by atoms with Gasteiger partial charge >= 0.3 is 0 Å². The van der Waals surface area contributed by atoms with Crippen LogP contribution in [-0.2, 0) is 0 Å². The van der Waals surface area contributed by atoms with Gasteiger partial charge < -0.3 is 10.1 Å². The highest BCUT2D eigenvalue weighted by Gasteiger charge is 2.15. The Morgan fingerprint density at radius 2 is 2.00 bits per heavy atom. The number of benzene rings is 1. The van der Waals surface area contributed by atoms with Crippen molar-refractivity contribution in [2.24, 2.45) is 5.92 Å². The number of amides is 1.